The molecule has 0 aromatic heterocycles. The molecule has 1 atom stereocenters. The summed E-state index contributed by atoms with van der Waals surface area (Å²) in [4.78, 5) is 9.95. The van der Waals surface area contributed by atoms with Crippen LogP contribution in [0.1, 0.15) is 20.3 Å². The van der Waals surface area contributed by atoms with E-state index in [9.17, 15) is 23.6 Å². The van der Waals surface area contributed by atoms with E-state index < -0.39 is 26.2 Å². The van der Waals surface area contributed by atoms with Crippen molar-refractivity contribution in [2.75, 3.05) is 13.7 Å². The predicted molar refractivity (Wildman–Crippen MR) is 75.8 cm³/mol. The van der Waals surface area contributed by atoms with Gasteiger partial charge in [-0.1, -0.05) is 6.92 Å². The Labute approximate surface area is 122 Å². The summed E-state index contributed by atoms with van der Waals surface area (Å²) in [6, 6.07) is 3.35. The van der Waals surface area contributed by atoms with Gasteiger partial charge in [-0.3, -0.25) is 10.1 Å². The zero-order valence-corrected chi connectivity index (χ0v) is 12.8. The van der Waals surface area contributed by atoms with Gasteiger partial charge in [0, 0.05) is 6.07 Å². The molecule has 0 radical (unpaired) electrons. The maximum atomic E-state index is 12.3. The van der Waals surface area contributed by atoms with Crippen molar-refractivity contribution in [3.05, 3.63) is 28.3 Å². The minimum atomic E-state index is -3.99. The SMILES string of the molecule is CCC(C)(CO)NS(=O)(=O)c1ccc(OC)c([N+](=O)[O-])c1. The van der Waals surface area contributed by atoms with Gasteiger partial charge in [0.2, 0.25) is 10.0 Å². The molecule has 0 heterocycles. The summed E-state index contributed by atoms with van der Waals surface area (Å²) in [7, 11) is -2.73. The Morgan fingerprint density at radius 1 is 1.48 bits per heavy atom. The molecule has 0 aliphatic rings. The van der Waals surface area contributed by atoms with Crippen LogP contribution in [0.15, 0.2) is 23.1 Å². The Bertz CT molecular complexity index is 625. The minimum absolute atomic E-state index is 0.0284. The molecule has 1 unspecified atom stereocenters. The maximum Gasteiger partial charge on any atom is 0.312 e. The van der Waals surface area contributed by atoms with Gasteiger partial charge in [0.1, 0.15) is 0 Å². The standard InChI is InChI=1S/C12H18N2O6S/c1-4-12(2,8-15)13-21(18,19)9-5-6-11(20-3)10(7-9)14(16)17/h5-7,13,15H,4,8H2,1-3H3. The van der Waals surface area contributed by atoms with E-state index in [4.69, 9.17) is 4.74 Å². The number of nitrogens with zero attached hydrogens (tertiary/aromatic N) is 1. The van der Waals surface area contributed by atoms with Crippen molar-refractivity contribution < 1.29 is 23.2 Å². The topological polar surface area (TPSA) is 119 Å². The first-order valence-corrected chi connectivity index (χ1v) is 7.64. The molecule has 0 fully saturated rings. The molecule has 0 aliphatic heterocycles. The van der Waals surface area contributed by atoms with Crippen LogP contribution in [0.3, 0.4) is 0 Å². The number of sulfonamides is 1. The summed E-state index contributed by atoms with van der Waals surface area (Å²) < 4.78 is 31.7. The van der Waals surface area contributed by atoms with Gasteiger partial charge in [0.25, 0.3) is 0 Å². The summed E-state index contributed by atoms with van der Waals surface area (Å²) in [6.07, 6.45) is 0.362. The second-order valence-corrected chi connectivity index (χ2v) is 6.45. The quantitative estimate of drug-likeness (QED) is 0.573. The highest BCUT2D eigenvalue weighted by molar-refractivity contribution is 7.89. The maximum absolute atomic E-state index is 12.3. The van der Waals surface area contributed by atoms with Crippen LogP contribution in [0.2, 0.25) is 0 Å². The molecular weight excluding hydrogens is 300 g/mol. The molecule has 8 nitrogen and oxygen atoms in total. The second kappa shape index (κ2) is 6.37. The zero-order valence-electron chi connectivity index (χ0n) is 12.0. The van der Waals surface area contributed by atoms with Crippen LogP contribution in [0.5, 0.6) is 5.75 Å². The summed E-state index contributed by atoms with van der Waals surface area (Å²) in [5.41, 5.74) is -1.48. The van der Waals surface area contributed by atoms with Crippen LogP contribution >= 0.6 is 0 Å². The molecule has 0 amide bonds. The van der Waals surface area contributed by atoms with Crippen LogP contribution in [0.25, 0.3) is 0 Å². The predicted octanol–water partition coefficient (Wildman–Crippen LogP) is 1.04. The molecule has 9 heteroatoms. The van der Waals surface area contributed by atoms with E-state index in [1.807, 2.05) is 0 Å². The third-order valence-electron chi connectivity index (χ3n) is 3.17. The van der Waals surface area contributed by atoms with Crippen LogP contribution in [-0.2, 0) is 10.0 Å². The lowest BCUT2D eigenvalue weighted by atomic mass is 10.0. The molecule has 0 saturated heterocycles. The third kappa shape index (κ3) is 3.90. The van der Waals surface area contributed by atoms with E-state index in [1.54, 1.807) is 13.8 Å². The van der Waals surface area contributed by atoms with E-state index >= 15 is 0 Å². The van der Waals surface area contributed by atoms with Gasteiger partial charge in [-0.25, -0.2) is 13.1 Å². The number of rotatable bonds is 7. The number of aliphatic hydroxyl groups excluding tert-OH is 1. The summed E-state index contributed by atoms with van der Waals surface area (Å²) >= 11 is 0. The highest BCUT2D eigenvalue weighted by atomic mass is 32.2. The van der Waals surface area contributed by atoms with Gasteiger partial charge in [-0.2, -0.15) is 0 Å². The lowest BCUT2D eigenvalue weighted by Gasteiger charge is -2.26. The smallest absolute Gasteiger partial charge is 0.312 e. The summed E-state index contributed by atoms with van der Waals surface area (Å²) in [6.45, 7) is 2.87. The third-order valence-corrected chi connectivity index (χ3v) is 4.80. The van der Waals surface area contributed by atoms with Crippen molar-refractivity contribution in [1.29, 1.82) is 0 Å². The van der Waals surface area contributed by atoms with Gasteiger partial charge >= 0.3 is 5.69 Å². The van der Waals surface area contributed by atoms with E-state index in [-0.39, 0.29) is 17.3 Å². The number of hydrogen-bond donors (Lipinski definition) is 2. The summed E-state index contributed by atoms with van der Waals surface area (Å²) in [5.74, 6) is -0.0284. The van der Waals surface area contributed by atoms with E-state index in [0.29, 0.717) is 6.42 Å². The molecular formula is C12H18N2O6S. The number of nitro benzene ring substituents is 1. The molecule has 1 rings (SSSR count). The Balaban J connectivity index is 3.27. The minimum Gasteiger partial charge on any atom is -0.490 e. The Hall–Kier alpha value is -1.71. The normalized spacial score (nSPS) is 14.5. The Morgan fingerprint density at radius 2 is 2.10 bits per heavy atom. The van der Waals surface area contributed by atoms with Crippen molar-refractivity contribution in [3.8, 4) is 5.75 Å². The number of benzene rings is 1. The van der Waals surface area contributed by atoms with Gasteiger partial charge in [-0.05, 0) is 25.5 Å². The van der Waals surface area contributed by atoms with E-state index in [2.05, 4.69) is 4.72 Å². The highest BCUT2D eigenvalue weighted by Gasteiger charge is 2.30. The first kappa shape index (κ1) is 17.3. The number of nitrogens with one attached hydrogen (secondary N) is 1. The van der Waals surface area contributed by atoms with Crippen molar-refractivity contribution in [3.63, 3.8) is 0 Å². The second-order valence-electron chi connectivity index (χ2n) is 4.77. The molecule has 1 aromatic carbocycles. The molecule has 21 heavy (non-hydrogen) atoms. The molecule has 1 aromatic rings. The first-order chi connectivity index (χ1) is 9.69. The lowest BCUT2D eigenvalue weighted by Crippen LogP contribution is -2.48. The van der Waals surface area contributed by atoms with Crippen LogP contribution in [0, 0.1) is 10.1 Å². The lowest BCUT2D eigenvalue weighted by molar-refractivity contribution is -0.386. The average molecular weight is 318 g/mol. The average Bonchev–Trinajstić information content (AvgIpc) is 2.45. The largest absolute Gasteiger partial charge is 0.490 e. The molecule has 2 N–H and O–H groups in total. The monoisotopic (exact) mass is 318 g/mol. The Kier molecular flexibility index (Phi) is 5.26. The van der Waals surface area contributed by atoms with Crippen molar-refractivity contribution in [2.24, 2.45) is 0 Å². The van der Waals surface area contributed by atoms with Gasteiger partial charge < -0.3 is 9.84 Å². The zero-order chi connectivity index (χ0) is 16.3. The van der Waals surface area contributed by atoms with Crippen LogP contribution < -0.4 is 9.46 Å². The fourth-order valence-electron chi connectivity index (χ4n) is 1.58. The molecule has 118 valence electrons. The van der Waals surface area contributed by atoms with Crippen molar-refractivity contribution >= 4 is 15.7 Å². The van der Waals surface area contributed by atoms with Gasteiger partial charge in [0.15, 0.2) is 5.75 Å². The van der Waals surface area contributed by atoms with E-state index in [0.717, 1.165) is 6.07 Å². The number of hydrogen-bond acceptors (Lipinski definition) is 6. The highest BCUT2D eigenvalue weighted by Crippen LogP contribution is 2.29. The number of nitro groups is 1. The van der Waals surface area contributed by atoms with Crippen LogP contribution in [0.4, 0.5) is 5.69 Å². The number of ether oxygens (including phenoxy) is 1. The number of methoxy groups -OCH3 is 1. The van der Waals surface area contributed by atoms with Gasteiger partial charge in [0.05, 0.1) is 29.1 Å². The summed E-state index contributed by atoms with van der Waals surface area (Å²) in [5, 5.41) is 20.2. The fourth-order valence-corrected chi connectivity index (χ4v) is 3.07. The Morgan fingerprint density at radius 3 is 2.52 bits per heavy atom. The fraction of sp³-hybridized carbons (Fsp3) is 0.500. The van der Waals surface area contributed by atoms with E-state index in [1.165, 1.54) is 19.2 Å². The van der Waals surface area contributed by atoms with Gasteiger partial charge in [-0.15, -0.1) is 0 Å². The van der Waals surface area contributed by atoms with Crippen LogP contribution in [-0.4, -0.2) is 37.7 Å². The van der Waals surface area contributed by atoms with Crippen molar-refractivity contribution in [2.45, 2.75) is 30.7 Å². The first-order valence-electron chi connectivity index (χ1n) is 6.16. The molecule has 0 bridgehead atoms. The molecule has 0 aliphatic carbocycles. The molecule has 0 saturated carbocycles. The van der Waals surface area contributed by atoms with Crippen molar-refractivity contribution in [1.82, 2.24) is 4.72 Å². The molecule has 0 spiro atoms. The number of aliphatic hydroxyl groups is 1.